The molecule has 4 atom stereocenters. The first-order valence-electron chi connectivity index (χ1n) is 10.7. The van der Waals surface area contributed by atoms with Crippen molar-refractivity contribution in [3.8, 4) is 0 Å². The van der Waals surface area contributed by atoms with Crippen LogP contribution in [0.5, 0.6) is 0 Å². The van der Waals surface area contributed by atoms with Crippen LogP contribution in [-0.2, 0) is 16.9 Å². The number of nitrogens with zero attached hydrogens (tertiary/aromatic N) is 2. The van der Waals surface area contributed by atoms with Crippen molar-refractivity contribution >= 4 is 5.91 Å². The van der Waals surface area contributed by atoms with Crippen molar-refractivity contribution in [3.63, 3.8) is 0 Å². The maximum Gasteiger partial charge on any atom is 0.259 e. The summed E-state index contributed by atoms with van der Waals surface area (Å²) in [6.45, 7) is 7.78. The van der Waals surface area contributed by atoms with Crippen LogP contribution in [0, 0.1) is 23.7 Å². The molecule has 1 aliphatic heterocycles. The zero-order chi connectivity index (χ0) is 20.6. The molecule has 0 radical (unpaired) electrons. The van der Waals surface area contributed by atoms with Crippen LogP contribution in [0.3, 0.4) is 0 Å². The van der Waals surface area contributed by atoms with Crippen LogP contribution < -0.4 is 0 Å². The summed E-state index contributed by atoms with van der Waals surface area (Å²) in [5.41, 5.74) is 0.568. The van der Waals surface area contributed by atoms with E-state index in [1.54, 1.807) is 4.90 Å². The molecular formula is C25H32N2O2. The molecule has 2 fully saturated rings. The molecule has 0 aromatic heterocycles. The molecule has 1 N–H and O–H groups in total. The quantitative estimate of drug-likeness (QED) is 0.786. The van der Waals surface area contributed by atoms with Crippen LogP contribution in [0.15, 0.2) is 60.7 Å². The van der Waals surface area contributed by atoms with Crippen LogP contribution in [0.1, 0.15) is 25.0 Å². The van der Waals surface area contributed by atoms with E-state index in [2.05, 4.69) is 35.2 Å². The molecule has 4 rings (SSSR count). The summed E-state index contributed by atoms with van der Waals surface area (Å²) in [6, 6.07) is 20.0. The van der Waals surface area contributed by atoms with Gasteiger partial charge in [0.15, 0.2) is 5.60 Å². The summed E-state index contributed by atoms with van der Waals surface area (Å²) in [5.74, 6) is 1.53. The van der Waals surface area contributed by atoms with Gasteiger partial charge in [0.25, 0.3) is 5.91 Å². The maximum atomic E-state index is 13.3. The molecular weight excluding hydrogens is 360 g/mol. The highest BCUT2D eigenvalue weighted by Gasteiger charge is 2.56. The minimum atomic E-state index is -1.47. The summed E-state index contributed by atoms with van der Waals surface area (Å²) >= 11 is 0. The summed E-state index contributed by atoms with van der Waals surface area (Å²) in [5, 5.41) is 11.3. The average molecular weight is 393 g/mol. The van der Waals surface area contributed by atoms with Gasteiger partial charge in [0.05, 0.1) is 0 Å². The second-order valence-corrected chi connectivity index (χ2v) is 9.14. The zero-order valence-corrected chi connectivity index (χ0v) is 17.7. The molecule has 154 valence electrons. The van der Waals surface area contributed by atoms with E-state index in [0.29, 0.717) is 23.3 Å². The number of fused-ring (bicyclic) bond motifs is 1. The molecule has 0 bridgehead atoms. The number of hydrogen-bond donors (Lipinski definition) is 1. The van der Waals surface area contributed by atoms with E-state index in [1.807, 2.05) is 51.2 Å². The van der Waals surface area contributed by atoms with Crippen molar-refractivity contribution in [1.29, 1.82) is 0 Å². The minimum Gasteiger partial charge on any atom is -0.375 e. The average Bonchev–Trinajstić information content (AvgIpc) is 3.17. The molecule has 1 saturated heterocycles. The van der Waals surface area contributed by atoms with E-state index in [-0.39, 0.29) is 11.8 Å². The SMILES string of the molecule is CC(C)[C@@](O)(C(=O)N(C)C[C@H]1[C@@H]2CN(Cc3ccccc3)C[C@@H]21)c1ccccc1. The Hall–Kier alpha value is -2.17. The number of hydrogen-bond acceptors (Lipinski definition) is 3. The third-order valence-corrected chi connectivity index (χ3v) is 6.90. The van der Waals surface area contributed by atoms with Crippen molar-refractivity contribution in [3.05, 3.63) is 71.8 Å². The molecule has 1 amide bonds. The lowest BCUT2D eigenvalue weighted by atomic mass is 9.82. The highest BCUT2D eigenvalue weighted by molar-refractivity contribution is 5.86. The topological polar surface area (TPSA) is 43.8 Å². The Balaban J connectivity index is 1.35. The zero-order valence-electron chi connectivity index (χ0n) is 17.7. The second kappa shape index (κ2) is 7.92. The number of carbonyl (C=O) groups is 1. The Morgan fingerprint density at radius 1 is 1.07 bits per heavy atom. The van der Waals surface area contributed by atoms with Crippen LogP contribution in [0.25, 0.3) is 0 Å². The number of likely N-dealkylation sites (N-methyl/N-ethyl adjacent to an activating group) is 1. The first-order chi connectivity index (χ1) is 13.9. The van der Waals surface area contributed by atoms with Gasteiger partial charge in [-0.2, -0.15) is 0 Å². The fourth-order valence-electron chi connectivity index (χ4n) is 5.06. The standard InChI is InChI=1S/C25H32N2O2/c1-18(2)25(29,20-12-8-5-9-13-20)24(28)26(3)15-21-22-16-27(17-23(21)22)14-19-10-6-4-7-11-19/h4-13,18,21-23,29H,14-17H2,1-3H3/t21-,22-,23+,25-/m0/s1. The van der Waals surface area contributed by atoms with Gasteiger partial charge in [-0.15, -0.1) is 0 Å². The predicted octanol–water partition coefficient (Wildman–Crippen LogP) is 3.37. The Kier molecular flexibility index (Phi) is 5.50. The summed E-state index contributed by atoms with van der Waals surface area (Å²) in [7, 11) is 1.84. The van der Waals surface area contributed by atoms with Crippen LogP contribution in [0.2, 0.25) is 0 Å². The molecule has 4 nitrogen and oxygen atoms in total. The van der Waals surface area contributed by atoms with Gasteiger partial charge in [0, 0.05) is 33.2 Å². The molecule has 29 heavy (non-hydrogen) atoms. The third kappa shape index (κ3) is 3.84. The van der Waals surface area contributed by atoms with Crippen molar-refractivity contribution < 1.29 is 9.90 Å². The van der Waals surface area contributed by atoms with E-state index < -0.39 is 5.60 Å². The molecule has 1 heterocycles. The predicted molar refractivity (Wildman–Crippen MR) is 115 cm³/mol. The second-order valence-electron chi connectivity index (χ2n) is 9.14. The van der Waals surface area contributed by atoms with E-state index in [9.17, 15) is 9.90 Å². The lowest BCUT2D eigenvalue weighted by Gasteiger charge is -2.35. The number of benzene rings is 2. The third-order valence-electron chi connectivity index (χ3n) is 6.90. The molecule has 0 spiro atoms. The minimum absolute atomic E-state index is 0.190. The number of likely N-dealkylation sites (tertiary alicyclic amines) is 1. The highest BCUT2D eigenvalue weighted by Crippen LogP contribution is 2.52. The molecule has 2 aliphatic rings. The smallest absolute Gasteiger partial charge is 0.259 e. The summed E-state index contributed by atoms with van der Waals surface area (Å²) in [6.07, 6.45) is 0. The van der Waals surface area contributed by atoms with E-state index in [1.165, 1.54) is 5.56 Å². The van der Waals surface area contributed by atoms with Crippen molar-refractivity contribution in [2.45, 2.75) is 26.0 Å². The van der Waals surface area contributed by atoms with Gasteiger partial charge in [-0.05, 0) is 34.8 Å². The van der Waals surface area contributed by atoms with E-state index in [4.69, 9.17) is 0 Å². The van der Waals surface area contributed by atoms with Gasteiger partial charge >= 0.3 is 0 Å². The van der Waals surface area contributed by atoms with Crippen molar-refractivity contribution in [2.24, 2.45) is 23.7 Å². The number of piperidine rings is 1. The molecule has 2 aromatic rings. The van der Waals surface area contributed by atoms with Gasteiger partial charge in [0.2, 0.25) is 0 Å². The normalized spacial score (nSPS) is 25.5. The fraction of sp³-hybridized carbons (Fsp3) is 0.480. The first kappa shape index (κ1) is 20.1. The number of aliphatic hydroxyl groups is 1. The van der Waals surface area contributed by atoms with Crippen LogP contribution in [0.4, 0.5) is 0 Å². The maximum absolute atomic E-state index is 13.3. The van der Waals surface area contributed by atoms with Crippen LogP contribution >= 0.6 is 0 Å². The van der Waals surface area contributed by atoms with Gasteiger partial charge in [-0.1, -0.05) is 74.5 Å². The Labute approximate surface area is 174 Å². The van der Waals surface area contributed by atoms with Crippen molar-refractivity contribution in [2.75, 3.05) is 26.7 Å². The van der Waals surface area contributed by atoms with Gasteiger partial charge in [-0.3, -0.25) is 9.69 Å². The molecule has 2 aromatic carbocycles. The molecule has 0 unspecified atom stereocenters. The summed E-state index contributed by atoms with van der Waals surface area (Å²) in [4.78, 5) is 17.5. The largest absolute Gasteiger partial charge is 0.375 e. The molecule has 1 saturated carbocycles. The Morgan fingerprint density at radius 3 is 2.17 bits per heavy atom. The number of carbonyl (C=O) groups excluding carboxylic acids is 1. The lowest BCUT2D eigenvalue weighted by Crippen LogP contribution is -2.49. The van der Waals surface area contributed by atoms with E-state index in [0.717, 1.165) is 26.2 Å². The van der Waals surface area contributed by atoms with Crippen molar-refractivity contribution in [1.82, 2.24) is 9.80 Å². The highest BCUT2D eigenvalue weighted by atomic mass is 16.3. The van der Waals surface area contributed by atoms with Gasteiger partial charge in [-0.25, -0.2) is 0 Å². The van der Waals surface area contributed by atoms with Gasteiger partial charge in [0.1, 0.15) is 0 Å². The monoisotopic (exact) mass is 392 g/mol. The van der Waals surface area contributed by atoms with Gasteiger partial charge < -0.3 is 10.0 Å². The lowest BCUT2D eigenvalue weighted by molar-refractivity contribution is -0.156. The first-order valence-corrected chi connectivity index (χ1v) is 10.7. The Morgan fingerprint density at radius 2 is 1.62 bits per heavy atom. The number of amides is 1. The number of rotatable bonds is 7. The Bertz CT molecular complexity index is 826. The summed E-state index contributed by atoms with van der Waals surface area (Å²) < 4.78 is 0. The molecule has 1 aliphatic carbocycles. The molecule has 4 heteroatoms. The fourth-order valence-corrected chi connectivity index (χ4v) is 5.06. The van der Waals surface area contributed by atoms with E-state index >= 15 is 0 Å². The van der Waals surface area contributed by atoms with Crippen LogP contribution in [-0.4, -0.2) is 47.5 Å².